The molecule has 7 nitrogen and oxygen atoms in total. The van der Waals surface area contributed by atoms with E-state index in [4.69, 9.17) is 9.47 Å². The molecule has 1 aliphatic heterocycles. The molecule has 2 heterocycles. The minimum Gasteiger partial charge on any atom is -0.494 e. The number of aromatic nitrogens is 3. The van der Waals surface area contributed by atoms with E-state index < -0.39 is 6.04 Å². The molecule has 138 valence electrons. The first-order valence-corrected chi connectivity index (χ1v) is 8.84. The number of nitrogens with zero attached hydrogens (tertiary/aromatic N) is 3. The molecule has 0 bridgehead atoms. The SMILES string of the molecule is CCCCCOc1ccc(C2C(C(=O)OC)=C(C)Nc3ncnn32)cc1. The molecule has 0 saturated heterocycles. The summed E-state index contributed by atoms with van der Waals surface area (Å²) in [5.41, 5.74) is 2.14. The third-order valence-corrected chi connectivity index (χ3v) is 4.41. The number of benzene rings is 1. The fraction of sp³-hybridized carbons (Fsp3) is 0.421. The highest BCUT2D eigenvalue weighted by Gasteiger charge is 2.33. The molecule has 0 spiro atoms. The molecule has 1 N–H and O–H groups in total. The molecule has 2 aromatic rings. The third-order valence-electron chi connectivity index (χ3n) is 4.41. The predicted octanol–water partition coefficient (Wildman–Crippen LogP) is 3.31. The van der Waals surface area contributed by atoms with E-state index in [2.05, 4.69) is 22.3 Å². The highest BCUT2D eigenvalue weighted by Crippen LogP contribution is 2.35. The van der Waals surface area contributed by atoms with Gasteiger partial charge in [0.1, 0.15) is 18.1 Å². The molecule has 1 aromatic carbocycles. The number of hydrogen-bond donors (Lipinski definition) is 1. The Balaban J connectivity index is 1.87. The molecular weight excluding hydrogens is 332 g/mol. The van der Waals surface area contributed by atoms with E-state index in [0.29, 0.717) is 23.8 Å². The van der Waals surface area contributed by atoms with E-state index in [-0.39, 0.29) is 5.97 Å². The molecule has 26 heavy (non-hydrogen) atoms. The maximum atomic E-state index is 12.4. The lowest BCUT2D eigenvalue weighted by Gasteiger charge is -2.28. The van der Waals surface area contributed by atoms with Crippen LogP contribution >= 0.6 is 0 Å². The maximum Gasteiger partial charge on any atom is 0.338 e. The van der Waals surface area contributed by atoms with Crippen LogP contribution in [-0.4, -0.2) is 34.5 Å². The molecule has 0 saturated carbocycles. The van der Waals surface area contributed by atoms with Crippen molar-refractivity contribution in [2.45, 2.75) is 39.2 Å². The average Bonchev–Trinajstić information content (AvgIpc) is 3.12. The first kappa shape index (κ1) is 18.0. The summed E-state index contributed by atoms with van der Waals surface area (Å²) < 4.78 is 12.4. The van der Waals surface area contributed by atoms with Crippen LogP contribution in [-0.2, 0) is 9.53 Å². The standard InChI is InChI=1S/C19H24N4O3/c1-4-5-6-11-26-15-9-7-14(8-10-15)17-16(18(24)25-3)13(2)22-19-20-12-21-23(17)19/h7-10,12,17H,4-6,11H2,1-3H3,(H,20,21,22). The zero-order chi connectivity index (χ0) is 18.5. The van der Waals surface area contributed by atoms with Crippen LogP contribution in [0.3, 0.4) is 0 Å². The summed E-state index contributed by atoms with van der Waals surface area (Å²) in [7, 11) is 1.38. The van der Waals surface area contributed by atoms with Crippen LogP contribution in [0.1, 0.15) is 44.7 Å². The molecule has 1 unspecified atom stereocenters. The third kappa shape index (κ3) is 3.56. The fourth-order valence-corrected chi connectivity index (χ4v) is 3.06. The molecule has 0 amide bonds. The number of methoxy groups -OCH3 is 1. The number of carbonyl (C=O) groups is 1. The molecule has 1 atom stereocenters. The van der Waals surface area contributed by atoms with E-state index in [0.717, 1.165) is 24.2 Å². The Hall–Kier alpha value is -2.83. The van der Waals surface area contributed by atoms with Crippen molar-refractivity contribution in [3.8, 4) is 5.75 Å². The Morgan fingerprint density at radius 3 is 2.73 bits per heavy atom. The van der Waals surface area contributed by atoms with Gasteiger partial charge < -0.3 is 14.8 Å². The molecule has 0 aliphatic carbocycles. The molecule has 7 heteroatoms. The maximum absolute atomic E-state index is 12.4. The summed E-state index contributed by atoms with van der Waals surface area (Å²) in [6.45, 7) is 4.71. The van der Waals surface area contributed by atoms with Gasteiger partial charge in [-0.25, -0.2) is 9.48 Å². The van der Waals surface area contributed by atoms with Gasteiger partial charge in [0.05, 0.1) is 19.3 Å². The summed E-state index contributed by atoms with van der Waals surface area (Å²) in [4.78, 5) is 16.6. The second kappa shape index (κ2) is 8.03. The highest BCUT2D eigenvalue weighted by atomic mass is 16.5. The number of esters is 1. The topological polar surface area (TPSA) is 78.3 Å². The predicted molar refractivity (Wildman–Crippen MR) is 98.0 cm³/mol. The minimum absolute atomic E-state index is 0.388. The lowest BCUT2D eigenvalue weighted by atomic mass is 9.96. The van der Waals surface area contributed by atoms with Gasteiger partial charge in [0, 0.05) is 5.70 Å². The van der Waals surface area contributed by atoms with Crippen molar-refractivity contribution in [1.82, 2.24) is 14.8 Å². The summed E-state index contributed by atoms with van der Waals surface area (Å²) in [6, 6.07) is 7.35. The van der Waals surface area contributed by atoms with Gasteiger partial charge in [-0.2, -0.15) is 10.1 Å². The Morgan fingerprint density at radius 2 is 2.04 bits per heavy atom. The number of allylic oxidation sites excluding steroid dienone is 1. The molecule has 1 aromatic heterocycles. The quantitative estimate of drug-likeness (QED) is 0.606. The molecule has 1 aliphatic rings. The number of ether oxygens (including phenoxy) is 2. The van der Waals surface area contributed by atoms with Crippen molar-refractivity contribution in [2.75, 3.05) is 19.0 Å². The summed E-state index contributed by atoms with van der Waals surface area (Å²) in [5, 5.41) is 7.38. The van der Waals surface area contributed by atoms with Gasteiger partial charge in [-0.3, -0.25) is 0 Å². The van der Waals surface area contributed by atoms with Gasteiger partial charge in [0.25, 0.3) is 0 Å². The van der Waals surface area contributed by atoms with Crippen LogP contribution in [0.2, 0.25) is 0 Å². The molecule has 0 fully saturated rings. The van der Waals surface area contributed by atoms with Gasteiger partial charge in [-0.15, -0.1) is 0 Å². The van der Waals surface area contributed by atoms with Crippen LogP contribution in [0.4, 0.5) is 5.95 Å². The van der Waals surface area contributed by atoms with Gasteiger partial charge in [-0.1, -0.05) is 31.9 Å². The van der Waals surface area contributed by atoms with Gasteiger partial charge >= 0.3 is 5.97 Å². The number of carbonyl (C=O) groups excluding carboxylic acids is 1. The number of nitrogens with one attached hydrogen (secondary N) is 1. The smallest absolute Gasteiger partial charge is 0.338 e. The zero-order valence-corrected chi connectivity index (χ0v) is 15.4. The largest absolute Gasteiger partial charge is 0.494 e. The average molecular weight is 356 g/mol. The Labute approximate surface area is 153 Å². The van der Waals surface area contributed by atoms with Crippen molar-refractivity contribution >= 4 is 11.9 Å². The molecule has 3 rings (SSSR count). The monoisotopic (exact) mass is 356 g/mol. The van der Waals surface area contributed by atoms with Crippen LogP contribution in [0.5, 0.6) is 5.75 Å². The van der Waals surface area contributed by atoms with Crippen LogP contribution < -0.4 is 10.1 Å². The van der Waals surface area contributed by atoms with E-state index >= 15 is 0 Å². The first-order valence-electron chi connectivity index (χ1n) is 8.84. The minimum atomic E-state index is -0.393. The van der Waals surface area contributed by atoms with E-state index in [1.54, 1.807) is 4.68 Å². The normalized spacial score (nSPS) is 16.0. The van der Waals surface area contributed by atoms with Crippen LogP contribution in [0, 0.1) is 0 Å². The van der Waals surface area contributed by atoms with E-state index in [1.165, 1.54) is 19.9 Å². The lowest BCUT2D eigenvalue weighted by Crippen LogP contribution is -2.29. The second-order valence-corrected chi connectivity index (χ2v) is 6.21. The van der Waals surface area contributed by atoms with E-state index in [9.17, 15) is 4.79 Å². The Morgan fingerprint density at radius 1 is 1.27 bits per heavy atom. The van der Waals surface area contributed by atoms with Gasteiger partial charge in [0.15, 0.2) is 0 Å². The van der Waals surface area contributed by atoms with Crippen LogP contribution in [0.25, 0.3) is 0 Å². The molecule has 0 radical (unpaired) electrons. The van der Waals surface area contributed by atoms with Crippen molar-refractivity contribution in [3.05, 3.63) is 47.4 Å². The number of hydrogen-bond acceptors (Lipinski definition) is 6. The molecular formula is C19H24N4O3. The van der Waals surface area contributed by atoms with E-state index in [1.807, 2.05) is 31.2 Å². The van der Waals surface area contributed by atoms with Crippen molar-refractivity contribution in [1.29, 1.82) is 0 Å². The number of rotatable bonds is 7. The zero-order valence-electron chi connectivity index (χ0n) is 15.4. The number of fused-ring (bicyclic) bond motifs is 1. The summed E-state index contributed by atoms with van der Waals surface area (Å²) >= 11 is 0. The fourth-order valence-electron chi connectivity index (χ4n) is 3.06. The second-order valence-electron chi connectivity index (χ2n) is 6.21. The Kier molecular flexibility index (Phi) is 5.55. The number of unbranched alkanes of at least 4 members (excludes halogenated alkanes) is 2. The van der Waals surface area contributed by atoms with Gasteiger partial charge in [-0.05, 0) is 31.0 Å². The Bertz CT molecular complexity index is 795. The van der Waals surface area contributed by atoms with Crippen molar-refractivity contribution < 1.29 is 14.3 Å². The van der Waals surface area contributed by atoms with Crippen LogP contribution in [0.15, 0.2) is 41.9 Å². The van der Waals surface area contributed by atoms with Crippen molar-refractivity contribution in [3.63, 3.8) is 0 Å². The lowest BCUT2D eigenvalue weighted by molar-refractivity contribution is -0.136. The summed E-state index contributed by atoms with van der Waals surface area (Å²) in [5.74, 6) is 1.03. The summed E-state index contributed by atoms with van der Waals surface area (Å²) in [6.07, 6.45) is 4.84. The van der Waals surface area contributed by atoms with Gasteiger partial charge in [0.2, 0.25) is 5.95 Å². The number of anilines is 1. The highest BCUT2D eigenvalue weighted by molar-refractivity contribution is 5.92. The first-order chi connectivity index (χ1) is 12.7. The van der Waals surface area contributed by atoms with Crippen molar-refractivity contribution in [2.24, 2.45) is 0 Å².